The van der Waals surface area contributed by atoms with E-state index in [1.807, 2.05) is 0 Å². The number of benzene rings is 1. The second-order valence-electron chi connectivity index (χ2n) is 4.48. The quantitative estimate of drug-likeness (QED) is 0.874. The molecular formula is C13H21BrN2. The maximum Gasteiger partial charge on any atom is 0.0204 e. The van der Waals surface area contributed by atoms with E-state index in [2.05, 4.69) is 48.0 Å². The Balaban J connectivity index is 2.72. The van der Waals surface area contributed by atoms with Gasteiger partial charge in [-0.1, -0.05) is 35.0 Å². The standard InChI is InChI=1S/C13H21BrN2/c1-9(5-11(7-15)8-16)12-3-4-13(14)10(2)6-12/h3-4,6,9,11H,5,7-8,15-16H2,1-2H3. The van der Waals surface area contributed by atoms with Gasteiger partial charge in [0, 0.05) is 4.47 Å². The molecule has 1 rings (SSSR count). The first kappa shape index (κ1) is 13.7. The lowest BCUT2D eigenvalue weighted by Gasteiger charge is -2.19. The molecule has 0 bridgehead atoms. The van der Waals surface area contributed by atoms with Gasteiger partial charge in [0.2, 0.25) is 0 Å². The van der Waals surface area contributed by atoms with Gasteiger partial charge in [0.05, 0.1) is 0 Å². The van der Waals surface area contributed by atoms with Gasteiger partial charge in [-0.2, -0.15) is 0 Å². The van der Waals surface area contributed by atoms with Gasteiger partial charge in [0.1, 0.15) is 0 Å². The van der Waals surface area contributed by atoms with Crippen molar-refractivity contribution in [3.63, 3.8) is 0 Å². The molecule has 2 nitrogen and oxygen atoms in total. The van der Waals surface area contributed by atoms with E-state index in [1.54, 1.807) is 0 Å². The highest BCUT2D eigenvalue weighted by Gasteiger charge is 2.12. The summed E-state index contributed by atoms with van der Waals surface area (Å²) in [7, 11) is 0. The molecule has 3 heteroatoms. The molecule has 0 aromatic heterocycles. The van der Waals surface area contributed by atoms with Crippen molar-refractivity contribution in [2.75, 3.05) is 13.1 Å². The lowest BCUT2D eigenvalue weighted by Crippen LogP contribution is -2.24. The first-order chi connectivity index (χ1) is 7.58. The van der Waals surface area contributed by atoms with E-state index in [9.17, 15) is 0 Å². The summed E-state index contributed by atoms with van der Waals surface area (Å²) < 4.78 is 1.16. The zero-order valence-corrected chi connectivity index (χ0v) is 11.6. The molecule has 1 aromatic rings. The third-order valence-electron chi connectivity index (χ3n) is 3.10. The van der Waals surface area contributed by atoms with Crippen LogP contribution in [0.3, 0.4) is 0 Å². The molecule has 0 aliphatic carbocycles. The number of rotatable bonds is 5. The van der Waals surface area contributed by atoms with Gasteiger partial charge < -0.3 is 11.5 Å². The van der Waals surface area contributed by atoms with Crippen LogP contribution in [-0.2, 0) is 0 Å². The molecule has 1 aromatic carbocycles. The van der Waals surface area contributed by atoms with Gasteiger partial charge in [-0.3, -0.25) is 0 Å². The van der Waals surface area contributed by atoms with Crippen LogP contribution in [0, 0.1) is 12.8 Å². The summed E-state index contributed by atoms with van der Waals surface area (Å²) in [6, 6.07) is 6.52. The van der Waals surface area contributed by atoms with Crippen LogP contribution >= 0.6 is 15.9 Å². The van der Waals surface area contributed by atoms with Gasteiger partial charge in [-0.25, -0.2) is 0 Å². The average Bonchev–Trinajstić information content (AvgIpc) is 2.29. The minimum atomic E-state index is 0.430. The van der Waals surface area contributed by atoms with E-state index >= 15 is 0 Å². The van der Waals surface area contributed by atoms with E-state index in [4.69, 9.17) is 11.5 Å². The van der Waals surface area contributed by atoms with Crippen LogP contribution in [0.25, 0.3) is 0 Å². The number of nitrogens with two attached hydrogens (primary N) is 2. The lowest BCUT2D eigenvalue weighted by atomic mass is 9.89. The van der Waals surface area contributed by atoms with Crippen LogP contribution in [0.2, 0.25) is 0 Å². The monoisotopic (exact) mass is 284 g/mol. The fraction of sp³-hybridized carbons (Fsp3) is 0.538. The fourth-order valence-electron chi connectivity index (χ4n) is 1.90. The zero-order valence-electron chi connectivity index (χ0n) is 10.0. The molecule has 0 aliphatic heterocycles. The van der Waals surface area contributed by atoms with Crippen LogP contribution in [-0.4, -0.2) is 13.1 Å². The van der Waals surface area contributed by atoms with Crippen molar-refractivity contribution in [2.24, 2.45) is 17.4 Å². The fourth-order valence-corrected chi connectivity index (χ4v) is 2.15. The van der Waals surface area contributed by atoms with Crippen LogP contribution in [0.5, 0.6) is 0 Å². The molecule has 0 aliphatic rings. The highest BCUT2D eigenvalue weighted by Crippen LogP contribution is 2.26. The molecule has 0 heterocycles. The maximum absolute atomic E-state index is 5.68. The van der Waals surface area contributed by atoms with Crippen molar-refractivity contribution in [3.8, 4) is 0 Å². The van der Waals surface area contributed by atoms with Crippen LogP contribution in [0.4, 0.5) is 0 Å². The lowest BCUT2D eigenvalue weighted by molar-refractivity contribution is 0.465. The summed E-state index contributed by atoms with van der Waals surface area (Å²) in [5.74, 6) is 0.947. The Labute approximate surface area is 107 Å². The number of aryl methyl sites for hydroxylation is 1. The van der Waals surface area contributed by atoms with Gasteiger partial charge >= 0.3 is 0 Å². The average molecular weight is 285 g/mol. The highest BCUT2D eigenvalue weighted by molar-refractivity contribution is 9.10. The van der Waals surface area contributed by atoms with Crippen LogP contribution in [0.15, 0.2) is 22.7 Å². The first-order valence-electron chi connectivity index (χ1n) is 5.74. The molecule has 0 spiro atoms. The normalized spacial score (nSPS) is 13.1. The minimum Gasteiger partial charge on any atom is -0.330 e. The Morgan fingerprint density at radius 1 is 1.25 bits per heavy atom. The van der Waals surface area contributed by atoms with Crippen molar-refractivity contribution in [1.82, 2.24) is 0 Å². The van der Waals surface area contributed by atoms with Crippen molar-refractivity contribution in [1.29, 1.82) is 0 Å². The molecule has 1 atom stereocenters. The molecule has 0 radical (unpaired) electrons. The Kier molecular flexibility index (Phi) is 5.46. The zero-order chi connectivity index (χ0) is 12.1. The Morgan fingerprint density at radius 3 is 2.38 bits per heavy atom. The SMILES string of the molecule is Cc1cc(C(C)CC(CN)CN)ccc1Br. The molecule has 0 saturated heterocycles. The molecule has 0 amide bonds. The maximum atomic E-state index is 5.68. The molecule has 4 N–H and O–H groups in total. The highest BCUT2D eigenvalue weighted by atomic mass is 79.9. The van der Waals surface area contributed by atoms with E-state index in [0.717, 1.165) is 10.9 Å². The van der Waals surface area contributed by atoms with Gasteiger partial charge in [-0.15, -0.1) is 0 Å². The topological polar surface area (TPSA) is 52.0 Å². The summed E-state index contributed by atoms with van der Waals surface area (Å²) in [6.45, 7) is 5.71. The molecule has 0 fully saturated rings. The Hall–Kier alpha value is -0.380. The molecule has 90 valence electrons. The predicted molar refractivity (Wildman–Crippen MR) is 73.5 cm³/mol. The second-order valence-corrected chi connectivity index (χ2v) is 5.34. The van der Waals surface area contributed by atoms with E-state index < -0.39 is 0 Å². The van der Waals surface area contributed by atoms with Crippen molar-refractivity contribution < 1.29 is 0 Å². The van der Waals surface area contributed by atoms with E-state index in [1.165, 1.54) is 11.1 Å². The van der Waals surface area contributed by atoms with Crippen molar-refractivity contribution in [3.05, 3.63) is 33.8 Å². The van der Waals surface area contributed by atoms with Crippen LogP contribution < -0.4 is 11.5 Å². The summed E-state index contributed by atoms with van der Waals surface area (Å²) in [6.07, 6.45) is 1.06. The third kappa shape index (κ3) is 3.58. The molecule has 1 unspecified atom stereocenters. The van der Waals surface area contributed by atoms with Gasteiger partial charge in [0.15, 0.2) is 0 Å². The van der Waals surface area contributed by atoms with E-state index in [0.29, 0.717) is 24.9 Å². The summed E-state index contributed by atoms with van der Waals surface area (Å²) in [5.41, 5.74) is 14.0. The van der Waals surface area contributed by atoms with Crippen molar-refractivity contribution >= 4 is 15.9 Å². The number of hydrogen-bond acceptors (Lipinski definition) is 2. The molecule has 0 saturated carbocycles. The summed E-state index contributed by atoms with van der Waals surface area (Å²) in [5, 5.41) is 0. The second kappa shape index (κ2) is 6.38. The van der Waals surface area contributed by atoms with Crippen LogP contribution in [0.1, 0.15) is 30.4 Å². The Morgan fingerprint density at radius 2 is 1.88 bits per heavy atom. The number of halogens is 1. The smallest absolute Gasteiger partial charge is 0.0204 e. The predicted octanol–water partition coefficient (Wildman–Crippen LogP) is 2.78. The molecule has 16 heavy (non-hydrogen) atoms. The van der Waals surface area contributed by atoms with E-state index in [-0.39, 0.29) is 0 Å². The minimum absolute atomic E-state index is 0.430. The molecular weight excluding hydrogens is 264 g/mol. The number of hydrogen-bond donors (Lipinski definition) is 2. The largest absolute Gasteiger partial charge is 0.330 e. The van der Waals surface area contributed by atoms with Gasteiger partial charge in [-0.05, 0) is 55.5 Å². The Bertz CT molecular complexity index is 335. The van der Waals surface area contributed by atoms with Crippen molar-refractivity contribution in [2.45, 2.75) is 26.2 Å². The first-order valence-corrected chi connectivity index (χ1v) is 6.54. The summed E-state index contributed by atoms with van der Waals surface area (Å²) in [4.78, 5) is 0. The van der Waals surface area contributed by atoms with Gasteiger partial charge in [0.25, 0.3) is 0 Å². The summed E-state index contributed by atoms with van der Waals surface area (Å²) >= 11 is 3.52. The third-order valence-corrected chi connectivity index (χ3v) is 3.99.